The summed E-state index contributed by atoms with van der Waals surface area (Å²) in [4.78, 5) is 14.3. The van der Waals surface area contributed by atoms with Crippen LogP contribution in [0.2, 0.25) is 0 Å². The lowest BCUT2D eigenvalue weighted by Gasteiger charge is -2.20. The molecule has 3 nitrogen and oxygen atoms in total. The first-order valence-electron chi connectivity index (χ1n) is 6.26. The summed E-state index contributed by atoms with van der Waals surface area (Å²) >= 11 is 0. The Kier molecular flexibility index (Phi) is 3.79. The number of benzene rings is 1. The molecule has 0 bridgehead atoms. The van der Waals surface area contributed by atoms with E-state index in [1.54, 1.807) is 0 Å². The van der Waals surface area contributed by atoms with Crippen molar-refractivity contribution < 1.29 is 4.79 Å². The molecule has 1 atom stereocenters. The van der Waals surface area contributed by atoms with Crippen LogP contribution in [0.15, 0.2) is 24.3 Å². The van der Waals surface area contributed by atoms with Gasteiger partial charge in [-0.15, -0.1) is 0 Å². The SMILES string of the molecule is Cc1cccc(C(=O)N2CCNC(C)CC2)c1. The van der Waals surface area contributed by atoms with Gasteiger partial charge in [-0.05, 0) is 32.4 Å². The molecule has 0 aromatic heterocycles. The Labute approximate surface area is 103 Å². The number of nitrogens with one attached hydrogen (secondary N) is 1. The zero-order valence-corrected chi connectivity index (χ0v) is 10.6. The van der Waals surface area contributed by atoms with E-state index in [0.717, 1.165) is 37.2 Å². The molecule has 0 aliphatic carbocycles. The third kappa shape index (κ3) is 3.07. The van der Waals surface area contributed by atoms with Gasteiger partial charge >= 0.3 is 0 Å². The normalized spacial score (nSPS) is 21.1. The van der Waals surface area contributed by atoms with Crippen LogP contribution in [0.3, 0.4) is 0 Å². The Hall–Kier alpha value is -1.35. The van der Waals surface area contributed by atoms with Crippen LogP contribution in [0.4, 0.5) is 0 Å². The molecular formula is C14H20N2O. The number of aryl methyl sites for hydroxylation is 1. The number of hydrogen-bond donors (Lipinski definition) is 1. The minimum absolute atomic E-state index is 0.157. The van der Waals surface area contributed by atoms with Crippen molar-refractivity contribution in [3.8, 4) is 0 Å². The van der Waals surface area contributed by atoms with Gasteiger partial charge in [-0.2, -0.15) is 0 Å². The maximum Gasteiger partial charge on any atom is 0.253 e. The van der Waals surface area contributed by atoms with E-state index in [9.17, 15) is 4.79 Å². The van der Waals surface area contributed by atoms with Crippen LogP contribution in [-0.2, 0) is 0 Å². The van der Waals surface area contributed by atoms with Crippen molar-refractivity contribution in [3.05, 3.63) is 35.4 Å². The van der Waals surface area contributed by atoms with Crippen LogP contribution < -0.4 is 5.32 Å². The first-order chi connectivity index (χ1) is 8.16. The number of carbonyl (C=O) groups excluding carboxylic acids is 1. The fourth-order valence-electron chi connectivity index (χ4n) is 2.17. The van der Waals surface area contributed by atoms with Crippen molar-refractivity contribution >= 4 is 5.91 Å². The van der Waals surface area contributed by atoms with Gasteiger partial charge < -0.3 is 10.2 Å². The standard InChI is InChI=1S/C14H20N2O/c1-11-4-3-5-13(10-11)14(17)16-8-6-12(2)15-7-9-16/h3-5,10,12,15H,6-9H2,1-2H3. The molecule has 2 rings (SSSR count). The number of nitrogens with zero attached hydrogens (tertiary/aromatic N) is 1. The van der Waals surface area contributed by atoms with E-state index in [0.29, 0.717) is 6.04 Å². The van der Waals surface area contributed by atoms with Crippen LogP contribution in [0, 0.1) is 6.92 Å². The molecule has 1 aromatic rings. The van der Waals surface area contributed by atoms with Crippen LogP contribution in [0.5, 0.6) is 0 Å². The number of hydrogen-bond acceptors (Lipinski definition) is 2. The van der Waals surface area contributed by atoms with E-state index in [-0.39, 0.29) is 5.91 Å². The van der Waals surface area contributed by atoms with E-state index in [1.165, 1.54) is 0 Å². The highest BCUT2D eigenvalue weighted by atomic mass is 16.2. The van der Waals surface area contributed by atoms with E-state index >= 15 is 0 Å². The molecule has 1 amide bonds. The molecule has 1 aliphatic heterocycles. The monoisotopic (exact) mass is 232 g/mol. The van der Waals surface area contributed by atoms with Crippen molar-refractivity contribution in [3.63, 3.8) is 0 Å². The minimum atomic E-state index is 0.157. The van der Waals surface area contributed by atoms with Gasteiger partial charge in [0, 0.05) is 31.2 Å². The maximum absolute atomic E-state index is 12.3. The Morgan fingerprint density at radius 2 is 2.24 bits per heavy atom. The molecule has 0 radical (unpaired) electrons. The predicted octanol–water partition coefficient (Wildman–Crippen LogP) is 1.82. The first-order valence-corrected chi connectivity index (χ1v) is 6.26. The summed E-state index contributed by atoms with van der Waals surface area (Å²) in [5.41, 5.74) is 1.94. The second-order valence-corrected chi connectivity index (χ2v) is 4.81. The lowest BCUT2D eigenvalue weighted by atomic mass is 10.1. The quantitative estimate of drug-likeness (QED) is 0.801. The zero-order chi connectivity index (χ0) is 12.3. The van der Waals surface area contributed by atoms with Crippen molar-refractivity contribution in [1.29, 1.82) is 0 Å². The largest absolute Gasteiger partial charge is 0.337 e. The third-order valence-corrected chi connectivity index (χ3v) is 3.26. The van der Waals surface area contributed by atoms with Crippen LogP contribution in [0.25, 0.3) is 0 Å². The Morgan fingerprint density at radius 3 is 3.00 bits per heavy atom. The van der Waals surface area contributed by atoms with Crippen LogP contribution in [0.1, 0.15) is 29.3 Å². The Balaban J connectivity index is 2.09. The van der Waals surface area contributed by atoms with Gasteiger partial charge in [0.1, 0.15) is 0 Å². The third-order valence-electron chi connectivity index (χ3n) is 3.26. The maximum atomic E-state index is 12.3. The molecule has 17 heavy (non-hydrogen) atoms. The topological polar surface area (TPSA) is 32.3 Å². The molecular weight excluding hydrogens is 212 g/mol. The van der Waals surface area contributed by atoms with Gasteiger partial charge in [0.2, 0.25) is 0 Å². The second-order valence-electron chi connectivity index (χ2n) is 4.81. The minimum Gasteiger partial charge on any atom is -0.337 e. The highest BCUT2D eigenvalue weighted by Gasteiger charge is 2.19. The molecule has 1 fully saturated rings. The Bertz CT molecular complexity index is 403. The number of carbonyl (C=O) groups is 1. The summed E-state index contributed by atoms with van der Waals surface area (Å²) in [6, 6.07) is 8.33. The molecule has 0 saturated carbocycles. The molecule has 3 heteroatoms. The van der Waals surface area contributed by atoms with Crippen molar-refractivity contribution in [2.24, 2.45) is 0 Å². The highest BCUT2D eigenvalue weighted by Crippen LogP contribution is 2.10. The van der Waals surface area contributed by atoms with E-state index in [1.807, 2.05) is 36.1 Å². The number of amides is 1. The highest BCUT2D eigenvalue weighted by molar-refractivity contribution is 5.94. The predicted molar refractivity (Wildman–Crippen MR) is 69.2 cm³/mol. The van der Waals surface area contributed by atoms with Gasteiger partial charge in [-0.3, -0.25) is 4.79 Å². The Morgan fingerprint density at radius 1 is 1.41 bits per heavy atom. The molecule has 1 unspecified atom stereocenters. The van der Waals surface area contributed by atoms with Gasteiger partial charge in [0.15, 0.2) is 0 Å². The van der Waals surface area contributed by atoms with Gasteiger partial charge in [-0.1, -0.05) is 17.7 Å². The van der Waals surface area contributed by atoms with E-state index in [2.05, 4.69) is 12.2 Å². The summed E-state index contributed by atoms with van der Waals surface area (Å²) < 4.78 is 0. The van der Waals surface area contributed by atoms with E-state index in [4.69, 9.17) is 0 Å². The fraction of sp³-hybridized carbons (Fsp3) is 0.500. The van der Waals surface area contributed by atoms with Gasteiger partial charge in [0.25, 0.3) is 5.91 Å². The second kappa shape index (κ2) is 5.32. The van der Waals surface area contributed by atoms with Crippen LogP contribution in [-0.4, -0.2) is 36.5 Å². The summed E-state index contributed by atoms with van der Waals surface area (Å²) in [7, 11) is 0. The lowest BCUT2D eigenvalue weighted by molar-refractivity contribution is 0.0765. The van der Waals surface area contributed by atoms with Crippen LogP contribution >= 0.6 is 0 Å². The zero-order valence-electron chi connectivity index (χ0n) is 10.6. The molecule has 1 aromatic carbocycles. The first kappa shape index (κ1) is 12.1. The molecule has 1 saturated heterocycles. The van der Waals surface area contributed by atoms with Gasteiger partial charge in [0.05, 0.1) is 0 Å². The smallest absolute Gasteiger partial charge is 0.253 e. The summed E-state index contributed by atoms with van der Waals surface area (Å²) in [6.07, 6.45) is 1.03. The van der Waals surface area contributed by atoms with Crippen molar-refractivity contribution in [1.82, 2.24) is 10.2 Å². The molecule has 0 spiro atoms. The number of rotatable bonds is 1. The molecule has 1 N–H and O–H groups in total. The fourth-order valence-corrected chi connectivity index (χ4v) is 2.17. The molecule has 92 valence electrons. The summed E-state index contributed by atoms with van der Waals surface area (Å²) in [5, 5.41) is 3.40. The van der Waals surface area contributed by atoms with E-state index < -0.39 is 0 Å². The van der Waals surface area contributed by atoms with Crippen molar-refractivity contribution in [2.75, 3.05) is 19.6 Å². The van der Waals surface area contributed by atoms with Gasteiger partial charge in [-0.25, -0.2) is 0 Å². The molecule has 1 aliphatic rings. The average Bonchev–Trinajstić information content (AvgIpc) is 2.53. The average molecular weight is 232 g/mol. The summed E-state index contributed by atoms with van der Waals surface area (Å²) in [5.74, 6) is 0.157. The van der Waals surface area contributed by atoms with Crippen molar-refractivity contribution in [2.45, 2.75) is 26.3 Å². The lowest BCUT2D eigenvalue weighted by Crippen LogP contribution is -2.34. The molecule has 1 heterocycles. The summed E-state index contributed by atoms with van der Waals surface area (Å²) in [6.45, 7) is 6.72.